The van der Waals surface area contributed by atoms with E-state index in [0.717, 1.165) is 6.42 Å². The molecular weight excluding hydrogens is 319 g/mol. The van der Waals surface area contributed by atoms with E-state index in [1.165, 1.54) is 35.1 Å². The quantitative estimate of drug-likeness (QED) is 0.858. The molecule has 0 fully saturated rings. The van der Waals surface area contributed by atoms with Gasteiger partial charge in [-0.25, -0.2) is 4.39 Å². The third-order valence-electron chi connectivity index (χ3n) is 4.53. The van der Waals surface area contributed by atoms with Gasteiger partial charge in [-0.2, -0.15) is 0 Å². The average Bonchev–Trinajstić information content (AvgIpc) is 2.61. The van der Waals surface area contributed by atoms with Gasteiger partial charge in [-0.1, -0.05) is 30.3 Å². The summed E-state index contributed by atoms with van der Waals surface area (Å²) in [4.78, 5) is 27.7. The maximum atomic E-state index is 13.4. The fraction of sp³-hybridized carbons (Fsp3) is 0.300. The largest absolute Gasteiger partial charge is 0.338 e. The van der Waals surface area contributed by atoms with Crippen molar-refractivity contribution in [1.29, 1.82) is 0 Å². The lowest BCUT2D eigenvalue weighted by molar-refractivity contribution is -0.131. The molecule has 0 saturated heterocycles. The Morgan fingerprint density at radius 1 is 1.12 bits per heavy atom. The standard InChI is InChI=1S/C20H21FN2O2/c1-15(24)23(19-8-4-7-18(21)13-19)12-10-20(25)22-11-9-16-5-2-3-6-17(16)14-22/h2-8,13H,9-12,14H2,1H3. The van der Waals surface area contributed by atoms with Gasteiger partial charge < -0.3 is 9.80 Å². The average molecular weight is 340 g/mol. The van der Waals surface area contributed by atoms with Crippen LogP contribution in [0.3, 0.4) is 0 Å². The summed E-state index contributed by atoms with van der Waals surface area (Å²) in [5.74, 6) is -0.595. The second-order valence-corrected chi connectivity index (χ2v) is 6.23. The Balaban J connectivity index is 1.64. The van der Waals surface area contributed by atoms with Crippen LogP contribution in [0.15, 0.2) is 48.5 Å². The Hall–Kier alpha value is -2.69. The Morgan fingerprint density at radius 2 is 1.88 bits per heavy atom. The van der Waals surface area contributed by atoms with E-state index in [1.54, 1.807) is 12.1 Å². The van der Waals surface area contributed by atoms with E-state index in [9.17, 15) is 14.0 Å². The summed E-state index contributed by atoms with van der Waals surface area (Å²) in [6.07, 6.45) is 1.07. The number of anilines is 1. The second kappa shape index (κ2) is 7.47. The molecule has 4 nitrogen and oxygen atoms in total. The topological polar surface area (TPSA) is 40.6 Å². The molecule has 0 spiro atoms. The van der Waals surface area contributed by atoms with Gasteiger partial charge in [0.25, 0.3) is 0 Å². The number of fused-ring (bicyclic) bond motifs is 1. The highest BCUT2D eigenvalue weighted by Crippen LogP contribution is 2.20. The van der Waals surface area contributed by atoms with Crippen molar-refractivity contribution >= 4 is 17.5 Å². The zero-order valence-electron chi connectivity index (χ0n) is 14.2. The molecule has 5 heteroatoms. The Bertz CT molecular complexity index is 791. The lowest BCUT2D eigenvalue weighted by Crippen LogP contribution is -2.39. The molecule has 1 aliphatic heterocycles. The molecule has 0 unspecified atom stereocenters. The van der Waals surface area contributed by atoms with Gasteiger partial charge in [-0.05, 0) is 35.7 Å². The van der Waals surface area contributed by atoms with Crippen LogP contribution in [0.2, 0.25) is 0 Å². The van der Waals surface area contributed by atoms with Crippen LogP contribution in [0, 0.1) is 5.82 Å². The fourth-order valence-electron chi connectivity index (χ4n) is 3.19. The highest BCUT2D eigenvalue weighted by molar-refractivity contribution is 5.92. The van der Waals surface area contributed by atoms with Gasteiger partial charge >= 0.3 is 0 Å². The minimum atomic E-state index is -0.400. The van der Waals surface area contributed by atoms with Crippen molar-refractivity contribution in [3.8, 4) is 0 Å². The van der Waals surface area contributed by atoms with E-state index in [4.69, 9.17) is 0 Å². The molecule has 2 aromatic carbocycles. The molecule has 130 valence electrons. The molecule has 25 heavy (non-hydrogen) atoms. The third-order valence-corrected chi connectivity index (χ3v) is 4.53. The maximum Gasteiger partial charge on any atom is 0.224 e. The van der Waals surface area contributed by atoms with Gasteiger partial charge in [0, 0.05) is 38.7 Å². The molecule has 0 saturated carbocycles. The minimum absolute atomic E-state index is 0.0113. The first-order valence-electron chi connectivity index (χ1n) is 8.43. The van der Waals surface area contributed by atoms with Crippen LogP contribution in [0.1, 0.15) is 24.5 Å². The monoisotopic (exact) mass is 340 g/mol. The predicted octanol–water partition coefficient (Wildman–Crippen LogP) is 3.15. The maximum absolute atomic E-state index is 13.4. The summed E-state index contributed by atoms with van der Waals surface area (Å²) in [5.41, 5.74) is 2.94. The molecule has 2 amide bonds. The van der Waals surface area contributed by atoms with E-state index in [0.29, 0.717) is 18.8 Å². The molecule has 0 atom stereocenters. The van der Waals surface area contributed by atoms with Gasteiger partial charge in [-0.3, -0.25) is 9.59 Å². The first-order valence-corrected chi connectivity index (χ1v) is 8.43. The Labute approximate surface area is 146 Å². The number of hydrogen-bond donors (Lipinski definition) is 0. The molecule has 2 aromatic rings. The molecular formula is C20H21FN2O2. The van der Waals surface area contributed by atoms with E-state index in [1.807, 2.05) is 23.1 Å². The lowest BCUT2D eigenvalue weighted by Gasteiger charge is -2.30. The summed E-state index contributed by atoms with van der Waals surface area (Å²) in [6, 6.07) is 14.0. The molecule has 0 N–H and O–H groups in total. The second-order valence-electron chi connectivity index (χ2n) is 6.23. The van der Waals surface area contributed by atoms with Crippen molar-refractivity contribution in [3.05, 3.63) is 65.5 Å². The van der Waals surface area contributed by atoms with Crippen molar-refractivity contribution in [1.82, 2.24) is 4.90 Å². The van der Waals surface area contributed by atoms with Crippen LogP contribution in [0.5, 0.6) is 0 Å². The molecule has 0 radical (unpaired) electrons. The van der Waals surface area contributed by atoms with Crippen molar-refractivity contribution < 1.29 is 14.0 Å². The van der Waals surface area contributed by atoms with Crippen LogP contribution in [-0.4, -0.2) is 29.8 Å². The van der Waals surface area contributed by atoms with Gasteiger partial charge in [0.1, 0.15) is 5.82 Å². The SMILES string of the molecule is CC(=O)N(CCC(=O)N1CCc2ccccc2C1)c1cccc(F)c1. The van der Waals surface area contributed by atoms with Crippen molar-refractivity contribution in [2.45, 2.75) is 26.3 Å². The van der Waals surface area contributed by atoms with Gasteiger partial charge in [0.05, 0.1) is 0 Å². The van der Waals surface area contributed by atoms with Crippen LogP contribution < -0.4 is 4.90 Å². The van der Waals surface area contributed by atoms with E-state index >= 15 is 0 Å². The van der Waals surface area contributed by atoms with Crippen molar-refractivity contribution in [2.24, 2.45) is 0 Å². The van der Waals surface area contributed by atoms with E-state index in [-0.39, 0.29) is 24.8 Å². The van der Waals surface area contributed by atoms with Crippen molar-refractivity contribution in [2.75, 3.05) is 18.0 Å². The summed E-state index contributed by atoms with van der Waals surface area (Å²) in [7, 11) is 0. The number of rotatable bonds is 4. The zero-order valence-corrected chi connectivity index (χ0v) is 14.2. The lowest BCUT2D eigenvalue weighted by atomic mass is 10.00. The van der Waals surface area contributed by atoms with Gasteiger partial charge in [0.15, 0.2) is 0 Å². The molecule has 0 aromatic heterocycles. The Morgan fingerprint density at radius 3 is 2.60 bits per heavy atom. The highest BCUT2D eigenvalue weighted by atomic mass is 19.1. The minimum Gasteiger partial charge on any atom is -0.338 e. The molecule has 1 heterocycles. The van der Waals surface area contributed by atoms with Crippen LogP contribution in [-0.2, 0) is 22.6 Å². The Kier molecular flexibility index (Phi) is 5.12. The highest BCUT2D eigenvalue weighted by Gasteiger charge is 2.21. The van der Waals surface area contributed by atoms with Crippen LogP contribution in [0.4, 0.5) is 10.1 Å². The number of hydrogen-bond acceptors (Lipinski definition) is 2. The molecule has 0 aliphatic carbocycles. The van der Waals surface area contributed by atoms with Crippen molar-refractivity contribution in [3.63, 3.8) is 0 Å². The molecule has 3 rings (SSSR count). The molecule has 1 aliphatic rings. The number of carbonyl (C=O) groups excluding carboxylic acids is 2. The summed E-state index contributed by atoms with van der Waals surface area (Å²) < 4.78 is 13.4. The number of carbonyl (C=O) groups is 2. The third kappa shape index (κ3) is 4.05. The number of amides is 2. The predicted molar refractivity (Wildman–Crippen MR) is 94.6 cm³/mol. The number of halogens is 1. The summed E-state index contributed by atoms with van der Waals surface area (Å²) in [5, 5.41) is 0. The normalized spacial score (nSPS) is 13.3. The summed E-state index contributed by atoms with van der Waals surface area (Å²) in [6.45, 7) is 2.97. The number of benzene rings is 2. The van der Waals surface area contributed by atoms with E-state index in [2.05, 4.69) is 6.07 Å². The number of nitrogens with zero attached hydrogens (tertiary/aromatic N) is 2. The molecule has 0 bridgehead atoms. The van der Waals surface area contributed by atoms with Gasteiger partial charge in [-0.15, -0.1) is 0 Å². The van der Waals surface area contributed by atoms with Gasteiger partial charge in [0.2, 0.25) is 11.8 Å². The first kappa shape index (κ1) is 17.1. The first-order chi connectivity index (χ1) is 12.0. The summed E-state index contributed by atoms with van der Waals surface area (Å²) >= 11 is 0. The van der Waals surface area contributed by atoms with Crippen LogP contribution in [0.25, 0.3) is 0 Å². The van der Waals surface area contributed by atoms with E-state index < -0.39 is 5.82 Å². The smallest absolute Gasteiger partial charge is 0.224 e. The fourth-order valence-corrected chi connectivity index (χ4v) is 3.19. The zero-order chi connectivity index (χ0) is 17.8. The van der Waals surface area contributed by atoms with Crippen LogP contribution >= 0.6 is 0 Å².